The third-order valence-electron chi connectivity index (χ3n) is 5.12. The maximum atomic E-state index is 6.15. The van der Waals surface area contributed by atoms with Crippen LogP contribution in [0.2, 0.25) is 0 Å². The van der Waals surface area contributed by atoms with Crippen LogP contribution in [0.25, 0.3) is 0 Å². The predicted octanol–water partition coefficient (Wildman–Crippen LogP) is 3.12. The summed E-state index contributed by atoms with van der Waals surface area (Å²) < 4.78 is 0. The summed E-state index contributed by atoms with van der Waals surface area (Å²) in [4.78, 5) is 2.69. The second-order valence-corrected chi connectivity index (χ2v) is 6.36. The second-order valence-electron chi connectivity index (χ2n) is 6.36. The summed E-state index contributed by atoms with van der Waals surface area (Å²) in [5, 5.41) is 0. The van der Waals surface area contributed by atoms with Crippen molar-refractivity contribution < 1.29 is 0 Å². The molecule has 0 spiro atoms. The van der Waals surface area contributed by atoms with E-state index in [0.717, 1.165) is 24.3 Å². The van der Waals surface area contributed by atoms with E-state index >= 15 is 0 Å². The lowest BCUT2D eigenvalue weighted by Gasteiger charge is -2.42. The van der Waals surface area contributed by atoms with Gasteiger partial charge in [-0.25, -0.2) is 0 Å². The third kappa shape index (κ3) is 3.23. The van der Waals surface area contributed by atoms with Gasteiger partial charge in [0.05, 0.1) is 0 Å². The molecule has 0 aliphatic carbocycles. The quantitative estimate of drug-likeness (QED) is 0.773. The van der Waals surface area contributed by atoms with Crippen LogP contribution in [0.3, 0.4) is 0 Å². The molecule has 17 heavy (non-hydrogen) atoms. The largest absolute Gasteiger partial charge is 0.329 e. The van der Waals surface area contributed by atoms with Gasteiger partial charge in [-0.05, 0) is 30.6 Å². The second kappa shape index (κ2) is 6.19. The summed E-state index contributed by atoms with van der Waals surface area (Å²) in [5.41, 5.74) is 6.41. The molecule has 2 nitrogen and oxygen atoms in total. The topological polar surface area (TPSA) is 29.3 Å². The van der Waals surface area contributed by atoms with Gasteiger partial charge in [-0.3, -0.25) is 4.90 Å². The van der Waals surface area contributed by atoms with Crippen LogP contribution in [0.1, 0.15) is 53.9 Å². The van der Waals surface area contributed by atoms with Crippen LogP contribution in [0.4, 0.5) is 0 Å². The standard InChI is InChI=1S/C15H32N2/c1-6-12(3)8-15(7-2,11-16)17-9-13(4)14(5)10-17/h12-14H,6-11,16H2,1-5H3. The first-order chi connectivity index (χ1) is 7.99. The number of rotatable bonds is 6. The van der Waals surface area contributed by atoms with Gasteiger partial charge in [0.2, 0.25) is 0 Å². The highest BCUT2D eigenvalue weighted by atomic mass is 15.2. The van der Waals surface area contributed by atoms with Crippen molar-refractivity contribution >= 4 is 0 Å². The van der Waals surface area contributed by atoms with Gasteiger partial charge < -0.3 is 5.73 Å². The summed E-state index contributed by atoms with van der Waals surface area (Å²) in [7, 11) is 0. The summed E-state index contributed by atoms with van der Waals surface area (Å²) >= 11 is 0. The molecule has 0 aromatic rings. The molecule has 0 bridgehead atoms. The molecule has 1 saturated heterocycles. The lowest BCUT2D eigenvalue weighted by atomic mass is 9.83. The molecule has 2 heteroatoms. The van der Waals surface area contributed by atoms with Crippen LogP contribution >= 0.6 is 0 Å². The molecule has 1 rings (SSSR count). The maximum Gasteiger partial charge on any atom is 0.0331 e. The molecule has 102 valence electrons. The molecule has 0 aromatic heterocycles. The number of hydrogen-bond donors (Lipinski definition) is 1. The minimum absolute atomic E-state index is 0.258. The van der Waals surface area contributed by atoms with Crippen LogP contribution in [0, 0.1) is 17.8 Å². The van der Waals surface area contributed by atoms with E-state index in [4.69, 9.17) is 5.73 Å². The lowest BCUT2D eigenvalue weighted by molar-refractivity contribution is 0.0852. The van der Waals surface area contributed by atoms with E-state index in [1.807, 2.05) is 0 Å². The number of nitrogens with zero attached hydrogens (tertiary/aromatic N) is 1. The van der Waals surface area contributed by atoms with Crippen LogP contribution < -0.4 is 5.73 Å². The Labute approximate surface area is 108 Å². The molecular formula is C15H32N2. The average Bonchev–Trinajstić information content (AvgIpc) is 2.67. The van der Waals surface area contributed by atoms with E-state index in [9.17, 15) is 0 Å². The molecule has 0 aromatic carbocycles. The highest BCUT2D eigenvalue weighted by Crippen LogP contribution is 2.35. The minimum atomic E-state index is 0.258. The molecule has 1 aliphatic heterocycles. The first kappa shape index (κ1) is 15.0. The van der Waals surface area contributed by atoms with Gasteiger partial charge in [-0.2, -0.15) is 0 Å². The zero-order valence-corrected chi connectivity index (χ0v) is 12.5. The monoisotopic (exact) mass is 240 g/mol. The SMILES string of the molecule is CCC(C)CC(CC)(CN)N1CC(C)C(C)C1. The van der Waals surface area contributed by atoms with Gasteiger partial charge >= 0.3 is 0 Å². The maximum absolute atomic E-state index is 6.15. The molecule has 0 amide bonds. The highest BCUT2D eigenvalue weighted by Gasteiger charge is 2.40. The first-order valence-corrected chi connectivity index (χ1v) is 7.44. The molecule has 1 aliphatic rings. The van der Waals surface area contributed by atoms with E-state index in [0.29, 0.717) is 0 Å². The fraction of sp³-hybridized carbons (Fsp3) is 1.00. The van der Waals surface area contributed by atoms with E-state index in [1.54, 1.807) is 0 Å². The van der Waals surface area contributed by atoms with Gasteiger partial charge in [0.15, 0.2) is 0 Å². The first-order valence-electron chi connectivity index (χ1n) is 7.44. The number of likely N-dealkylation sites (tertiary alicyclic amines) is 1. The van der Waals surface area contributed by atoms with Gasteiger partial charge in [-0.1, -0.05) is 41.0 Å². The molecule has 4 unspecified atom stereocenters. The van der Waals surface area contributed by atoms with Crippen LogP contribution in [-0.4, -0.2) is 30.1 Å². The normalized spacial score (nSPS) is 31.4. The van der Waals surface area contributed by atoms with E-state index < -0.39 is 0 Å². The molecule has 1 fully saturated rings. The Hall–Kier alpha value is -0.0800. The Morgan fingerprint density at radius 2 is 1.76 bits per heavy atom. The molecule has 0 radical (unpaired) electrons. The highest BCUT2D eigenvalue weighted by molar-refractivity contribution is 4.96. The van der Waals surface area contributed by atoms with Gasteiger partial charge in [0.1, 0.15) is 0 Å². The Kier molecular flexibility index (Phi) is 5.46. The number of nitrogens with two attached hydrogens (primary N) is 1. The van der Waals surface area contributed by atoms with E-state index in [1.165, 1.54) is 32.4 Å². The van der Waals surface area contributed by atoms with Crippen LogP contribution in [0.5, 0.6) is 0 Å². The van der Waals surface area contributed by atoms with Crippen molar-refractivity contribution in [2.45, 2.75) is 59.4 Å². The van der Waals surface area contributed by atoms with Gasteiger partial charge in [-0.15, -0.1) is 0 Å². The molecule has 2 N–H and O–H groups in total. The molecular weight excluding hydrogens is 208 g/mol. The fourth-order valence-corrected chi connectivity index (χ4v) is 3.16. The fourth-order valence-electron chi connectivity index (χ4n) is 3.16. The molecule has 4 atom stereocenters. The summed E-state index contributed by atoms with van der Waals surface area (Å²) in [5.74, 6) is 2.43. The van der Waals surface area contributed by atoms with Gasteiger partial charge in [0.25, 0.3) is 0 Å². The smallest absolute Gasteiger partial charge is 0.0331 e. The summed E-state index contributed by atoms with van der Waals surface area (Å²) in [6.45, 7) is 15.0. The Bertz CT molecular complexity index is 213. The van der Waals surface area contributed by atoms with Crippen molar-refractivity contribution in [3.63, 3.8) is 0 Å². The van der Waals surface area contributed by atoms with Crippen molar-refractivity contribution in [2.24, 2.45) is 23.5 Å². The Morgan fingerprint density at radius 1 is 1.24 bits per heavy atom. The van der Waals surface area contributed by atoms with Crippen LogP contribution in [-0.2, 0) is 0 Å². The molecule has 1 heterocycles. The zero-order valence-electron chi connectivity index (χ0n) is 12.5. The van der Waals surface area contributed by atoms with Crippen molar-refractivity contribution in [1.82, 2.24) is 4.90 Å². The minimum Gasteiger partial charge on any atom is -0.329 e. The third-order valence-corrected chi connectivity index (χ3v) is 5.12. The number of hydrogen-bond acceptors (Lipinski definition) is 2. The van der Waals surface area contributed by atoms with E-state index in [-0.39, 0.29) is 5.54 Å². The van der Waals surface area contributed by atoms with Crippen molar-refractivity contribution in [3.05, 3.63) is 0 Å². The van der Waals surface area contributed by atoms with Crippen molar-refractivity contribution in [3.8, 4) is 0 Å². The lowest BCUT2D eigenvalue weighted by Crippen LogP contribution is -2.53. The predicted molar refractivity (Wildman–Crippen MR) is 76.0 cm³/mol. The zero-order chi connectivity index (χ0) is 13.1. The van der Waals surface area contributed by atoms with Gasteiger partial charge in [0, 0.05) is 25.2 Å². The van der Waals surface area contributed by atoms with E-state index in [2.05, 4.69) is 39.5 Å². The van der Waals surface area contributed by atoms with Crippen molar-refractivity contribution in [1.29, 1.82) is 0 Å². The summed E-state index contributed by atoms with van der Waals surface area (Å²) in [6.07, 6.45) is 3.71. The van der Waals surface area contributed by atoms with Crippen LogP contribution in [0.15, 0.2) is 0 Å². The molecule has 0 saturated carbocycles. The summed E-state index contributed by atoms with van der Waals surface area (Å²) in [6, 6.07) is 0. The Morgan fingerprint density at radius 3 is 2.12 bits per heavy atom. The van der Waals surface area contributed by atoms with Crippen molar-refractivity contribution in [2.75, 3.05) is 19.6 Å². The Balaban J connectivity index is 2.77. The average molecular weight is 240 g/mol.